The number of nitrogens with one attached hydrogen (secondary N) is 1. The Labute approximate surface area is 127 Å². The fourth-order valence-corrected chi connectivity index (χ4v) is 3.50. The molecule has 114 valence electrons. The van der Waals surface area contributed by atoms with E-state index >= 15 is 0 Å². The molecule has 1 N–H and O–H groups in total. The molecular weight excluding hydrogens is 260 g/mol. The van der Waals surface area contributed by atoms with Gasteiger partial charge in [-0.3, -0.25) is 4.79 Å². The minimum Gasteiger partial charge on any atom is -0.337 e. The van der Waals surface area contributed by atoms with Crippen LogP contribution in [0.4, 0.5) is 0 Å². The van der Waals surface area contributed by atoms with Crippen molar-refractivity contribution in [3.63, 3.8) is 0 Å². The predicted octanol–water partition coefficient (Wildman–Crippen LogP) is 2.81. The second-order valence-electron chi connectivity index (χ2n) is 7.77. The van der Waals surface area contributed by atoms with E-state index in [1.807, 2.05) is 17.0 Å². The molecule has 0 atom stereocenters. The van der Waals surface area contributed by atoms with Crippen molar-refractivity contribution in [1.29, 1.82) is 0 Å². The zero-order valence-corrected chi connectivity index (χ0v) is 13.4. The molecule has 2 fully saturated rings. The summed E-state index contributed by atoms with van der Waals surface area (Å²) in [5.41, 5.74) is 2.59. The summed E-state index contributed by atoms with van der Waals surface area (Å²) >= 11 is 0. The van der Waals surface area contributed by atoms with Crippen molar-refractivity contribution in [2.24, 2.45) is 5.41 Å². The summed E-state index contributed by atoms with van der Waals surface area (Å²) < 4.78 is 0. The highest BCUT2D eigenvalue weighted by Gasteiger charge is 2.45. The van der Waals surface area contributed by atoms with Gasteiger partial charge >= 0.3 is 0 Å². The molecule has 3 rings (SSSR count). The summed E-state index contributed by atoms with van der Waals surface area (Å²) in [5.74, 6) is 0.187. The van der Waals surface area contributed by atoms with Crippen LogP contribution < -0.4 is 5.32 Å². The summed E-state index contributed by atoms with van der Waals surface area (Å²) in [5, 5.41) is 3.46. The molecule has 1 aromatic carbocycles. The average molecular weight is 286 g/mol. The minimum absolute atomic E-state index is 0.135. The van der Waals surface area contributed by atoms with Crippen molar-refractivity contribution >= 4 is 5.91 Å². The van der Waals surface area contributed by atoms with Crippen LogP contribution >= 0.6 is 0 Å². The molecule has 3 nitrogen and oxygen atoms in total. The molecule has 2 aliphatic rings. The van der Waals surface area contributed by atoms with Gasteiger partial charge in [-0.15, -0.1) is 0 Å². The molecule has 0 aromatic heterocycles. The van der Waals surface area contributed by atoms with Gasteiger partial charge in [0.15, 0.2) is 0 Å². The first kappa shape index (κ1) is 14.6. The highest BCUT2D eigenvalue weighted by atomic mass is 16.2. The van der Waals surface area contributed by atoms with Crippen molar-refractivity contribution in [2.45, 2.75) is 39.0 Å². The molecule has 2 aliphatic heterocycles. The molecular formula is C18H26N2O. The van der Waals surface area contributed by atoms with E-state index in [9.17, 15) is 4.79 Å². The van der Waals surface area contributed by atoms with Gasteiger partial charge in [0.05, 0.1) is 0 Å². The molecule has 1 amide bonds. The van der Waals surface area contributed by atoms with Crippen LogP contribution in [0.1, 0.15) is 49.5 Å². The van der Waals surface area contributed by atoms with Crippen molar-refractivity contribution in [3.8, 4) is 0 Å². The quantitative estimate of drug-likeness (QED) is 0.861. The third-order valence-corrected chi connectivity index (χ3v) is 4.90. The van der Waals surface area contributed by atoms with E-state index in [-0.39, 0.29) is 11.3 Å². The van der Waals surface area contributed by atoms with Crippen molar-refractivity contribution < 1.29 is 4.79 Å². The van der Waals surface area contributed by atoms with E-state index in [2.05, 4.69) is 38.2 Å². The van der Waals surface area contributed by atoms with Gasteiger partial charge in [-0.25, -0.2) is 0 Å². The van der Waals surface area contributed by atoms with E-state index in [1.165, 1.54) is 18.4 Å². The second kappa shape index (κ2) is 5.13. The van der Waals surface area contributed by atoms with Crippen LogP contribution in [0.5, 0.6) is 0 Å². The zero-order chi connectivity index (χ0) is 15.1. The number of amides is 1. The van der Waals surface area contributed by atoms with E-state index in [1.54, 1.807) is 0 Å². The van der Waals surface area contributed by atoms with Crippen LogP contribution in [-0.2, 0) is 5.41 Å². The van der Waals surface area contributed by atoms with E-state index in [0.29, 0.717) is 5.41 Å². The largest absolute Gasteiger partial charge is 0.337 e. The molecule has 1 aromatic rings. The van der Waals surface area contributed by atoms with Crippen LogP contribution in [-0.4, -0.2) is 37.0 Å². The maximum Gasteiger partial charge on any atom is 0.253 e. The third kappa shape index (κ3) is 2.84. The number of carbonyl (C=O) groups is 1. The van der Waals surface area contributed by atoms with Gasteiger partial charge in [0.1, 0.15) is 0 Å². The first-order valence-corrected chi connectivity index (χ1v) is 8.00. The maximum atomic E-state index is 12.5. The third-order valence-electron chi connectivity index (χ3n) is 4.90. The molecule has 3 heteroatoms. The van der Waals surface area contributed by atoms with E-state index in [4.69, 9.17) is 0 Å². The van der Waals surface area contributed by atoms with Gasteiger partial charge in [-0.05, 0) is 42.5 Å². The predicted molar refractivity (Wildman–Crippen MR) is 85.6 cm³/mol. The molecule has 0 unspecified atom stereocenters. The normalized spacial score (nSPS) is 21.2. The Morgan fingerprint density at radius 1 is 1.19 bits per heavy atom. The lowest BCUT2D eigenvalue weighted by Gasteiger charge is -2.52. The van der Waals surface area contributed by atoms with Crippen LogP contribution in [0.3, 0.4) is 0 Å². The number of rotatable bonds is 1. The topological polar surface area (TPSA) is 32.3 Å². The summed E-state index contributed by atoms with van der Waals surface area (Å²) in [7, 11) is 0. The number of carbonyl (C=O) groups excluding carboxylic acids is 1. The molecule has 0 bridgehead atoms. The fraction of sp³-hybridized carbons (Fsp3) is 0.611. The highest BCUT2D eigenvalue weighted by molar-refractivity contribution is 5.94. The van der Waals surface area contributed by atoms with Gasteiger partial charge < -0.3 is 10.2 Å². The van der Waals surface area contributed by atoms with Gasteiger partial charge in [0.2, 0.25) is 0 Å². The van der Waals surface area contributed by atoms with Gasteiger partial charge in [-0.1, -0.05) is 32.9 Å². The monoisotopic (exact) mass is 286 g/mol. The van der Waals surface area contributed by atoms with Crippen LogP contribution in [0.2, 0.25) is 0 Å². The van der Waals surface area contributed by atoms with Gasteiger partial charge in [-0.2, -0.15) is 0 Å². The molecule has 0 radical (unpaired) electrons. The smallest absolute Gasteiger partial charge is 0.253 e. The Hall–Kier alpha value is -1.35. The molecule has 2 saturated heterocycles. The Morgan fingerprint density at radius 2 is 1.86 bits per heavy atom. The Kier molecular flexibility index (Phi) is 3.56. The summed E-state index contributed by atoms with van der Waals surface area (Å²) in [6, 6.07) is 8.13. The molecule has 21 heavy (non-hydrogen) atoms. The zero-order valence-electron chi connectivity index (χ0n) is 13.4. The Bertz CT molecular complexity index is 513. The summed E-state index contributed by atoms with van der Waals surface area (Å²) in [6.07, 6.45) is 2.50. The number of piperidine rings is 1. The van der Waals surface area contributed by atoms with Crippen LogP contribution in [0, 0.1) is 5.41 Å². The lowest BCUT2D eigenvalue weighted by Crippen LogP contribution is -2.63. The maximum absolute atomic E-state index is 12.5. The van der Waals surface area contributed by atoms with Gasteiger partial charge in [0.25, 0.3) is 5.91 Å². The van der Waals surface area contributed by atoms with Crippen LogP contribution in [0.15, 0.2) is 24.3 Å². The number of benzene rings is 1. The Morgan fingerprint density at radius 3 is 2.38 bits per heavy atom. The second-order valence-corrected chi connectivity index (χ2v) is 7.77. The summed E-state index contributed by atoms with van der Waals surface area (Å²) in [6.45, 7) is 10.6. The fourth-order valence-electron chi connectivity index (χ4n) is 3.50. The van der Waals surface area contributed by atoms with Gasteiger partial charge in [0, 0.05) is 30.6 Å². The van der Waals surface area contributed by atoms with E-state index in [0.717, 1.165) is 31.7 Å². The first-order valence-electron chi connectivity index (χ1n) is 8.00. The highest BCUT2D eigenvalue weighted by Crippen LogP contribution is 2.37. The molecule has 0 saturated carbocycles. The van der Waals surface area contributed by atoms with Crippen molar-refractivity contribution in [2.75, 3.05) is 26.2 Å². The number of hydrogen-bond donors (Lipinski definition) is 1. The molecule has 1 spiro atoms. The molecule has 2 heterocycles. The number of hydrogen-bond acceptors (Lipinski definition) is 2. The minimum atomic E-state index is 0.135. The SMILES string of the molecule is CC(C)(C)c1ccc(C(=O)N2CC3(CCCNC3)C2)cc1. The lowest BCUT2D eigenvalue weighted by molar-refractivity contribution is -0.00722. The lowest BCUT2D eigenvalue weighted by atomic mass is 9.74. The number of likely N-dealkylation sites (tertiary alicyclic amines) is 1. The summed E-state index contributed by atoms with van der Waals surface area (Å²) in [4.78, 5) is 14.5. The Balaban J connectivity index is 1.64. The number of nitrogens with zero attached hydrogens (tertiary/aromatic N) is 1. The molecule has 0 aliphatic carbocycles. The standard InChI is InChI=1S/C18H26N2O/c1-17(2,3)15-7-5-14(6-8-15)16(21)20-12-18(13-20)9-4-10-19-11-18/h5-8,19H,4,9-13H2,1-3H3. The van der Waals surface area contributed by atoms with Crippen molar-refractivity contribution in [1.82, 2.24) is 10.2 Å². The first-order chi connectivity index (χ1) is 9.90. The van der Waals surface area contributed by atoms with Crippen molar-refractivity contribution in [3.05, 3.63) is 35.4 Å². The van der Waals surface area contributed by atoms with E-state index < -0.39 is 0 Å². The van der Waals surface area contributed by atoms with Crippen LogP contribution in [0.25, 0.3) is 0 Å². The average Bonchev–Trinajstić information content (AvgIpc) is 2.44.